The van der Waals surface area contributed by atoms with Gasteiger partial charge in [-0.2, -0.15) is 0 Å². The third-order valence-corrected chi connectivity index (χ3v) is 4.48. The van der Waals surface area contributed by atoms with E-state index in [4.69, 9.17) is 17.3 Å². The SMILES string of the molecule is CCCNc1nc(N)c(C(=O)Nc2ccc(Cl)cc2Br)s1. The van der Waals surface area contributed by atoms with Crippen molar-refractivity contribution in [1.82, 2.24) is 4.98 Å². The molecule has 0 unspecified atom stereocenters. The van der Waals surface area contributed by atoms with E-state index in [1.165, 1.54) is 11.3 Å². The van der Waals surface area contributed by atoms with Gasteiger partial charge in [-0.05, 0) is 40.5 Å². The molecule has 0 bridgehead atoms. The molecular formula is C13H14BrClN4OS. The second-order valence-corrected chi connectivity index (χ2v) is 6.53. The highest BCUT2D eigenvalue weighted by Gasteiger charge is 2.17. The number of nitrogen functional groups attached to an aromatic ring is 1. The number of anilines is 3. The predicted molar refractivity (Wildman–Crippen MR) is 92.4 cm³/mol. The summed E-state index contributed by atoms with van der Waals surface area (Å²) in [6.07, 6.45) is 0.971. The topological polar surface area (TPSA) is 80.0 Å². The van der Waals surface area contributed by atoms with Crippen molar-refractivity contribution in [1.29, 1.82) is 0 Å². The maximum atomic E-state index is 12.3. The van der Waals surface area contributed by atoms with Crippen molar-refractivity contribution >= 4 is 61.4 Å². The average molecular weight is 390 g/mol. The number of rotatable bonds is 5. The molecule has 0 radical (unpaired) electrons. The molecule has 0 aliphatic rings. The fourth-order valence-corrected chi connectivity index (χ4v) is 3.16. The molecule has 1 aromatic carbocycles. The zero-order valence-corrected chi connectivity index (χ0v) is 14.4. The van der Waals surface area contributed by atoms with Crippen LogP contribution in [0.5, 0.6) is 0 Å². The van der Waals surface area contributed by atoms with E-state index in [2.05, 4.69) is 38.5 Å². The van der Waals surface area contributed by atoms with Crippen molar-refractivity contribution in [2.24, 2.45) is 0 Å². The fourth-order valence-electron chi connectivity index (χ4n) is 1.57. The Bertz CT molecular complexity index is 662. The summed E-state index contributed by atoms with van der Waals surface area (Å²) in [6.45, 7) is 2.84. The lowest BCUT2D eigenvalue weighted by Gasteiger charge is -2.06. The summed E-state index contributed by atoms with van der Waals surface area (Å²) in [5.74, 6) is -0.0706. The monoisotopic (exact) mass is 388 g/mol. The Morgan fingerprint density at radius 2 is 2.29 bits per heavy atom. The molecule has 0 atom stereocenters. The van der Waals surface area contributed by atoms with Crippen LogP contribution in [0.3, 0.4) is 0 Å². The highest BCUT2D eigenvalue weighted by Crippen LogP contribution is 2.29. The predicted octanol–water partition coefficient (Wildman–Crippen LogP) is 4.22. The number of nitrogens with one attached hydrogen (secondary N) is 2. The van der Waals surface area contributed by atoms with Crippen molar-refractivity contribution in [3.8, 4) is 0 Å². The molecule has 1 aromatic heterocycles. The maximum Gasteiger partial charge on any atom is 0.269 e. The van der Waals surface area contributed by atoms with E-state index < -0.39 is 0 Å². The first-order chi connectivity index (χ1) is 10.0. The molecule has 2 aromatic rings. The number of hydrogen-bond donors (Lipinski definition) is 3. The van der Waals surface area contributed by atoms with Gasteiger partial charge in [-0.1, -0.05) is 29.9 Å². The number of halogens is 2. The normalized spacial score (nSPS) is 10.4. The summed E-state index contributed by atoms with van der Waals surface area (Å²) < 4.78 is 0.704. The van der Waals surface area contributed by atoms with E-state index in [0.29, 0.717) is 25.2 Å². The zero-order chi connectivity index (χ0) is 15.4. The van der Waals surface area contributed by atoms with Crippen LogP contribution in [0.1, 0.15) is 23.0 Å². The molecule has 2 rings (SSSR count). The van der Waals surface area contributed by atoms with Crippen molar-refractivity contribution in [3.05, 3.63) is 32.6 Å². The lowest BCUT2D eigenvalue weighted by molar-refractivity contribution is 0.103. The Labute approximate surface area is 140 Å². The van der Waals surface area contributed by atoms with Crippen LogP contribution in [0.25, 0.3) is 0 Å². The molecule has 0 fully saturated rings. The summed E-state index contributed by atoms with van der Waals surface area (Å²) in [6, 6.07) is 5.13. The number of carbonyl (C=O) groups is 1. The van der Waals surface area contributed by atoms with Crippen LogP contribution in [-0.4, -0.2) is 17.4 Å². The third kappa shape index (κ3) is 4.09. The van der Waals surface area contributed by atoms with Gasteiger partial charge in [-0.25, -0.2) is 4.98 Å². The number of carbonyl (C=O) groups excluding carboxylic acids is 1. The number of benzene rings is 1. The molecule has 1 heterocycles. The van der Waals surface area contributed by atoms with Crippen LogP contribution in [0.4, 0.5) is 16.6 Å². The Balaban J connectivity index is 2.14. The van der Waals surface area contributed by atoms with Crippen molar-refractivity contribution in [2.75, 3.05) is 22.9 Å². The first-order valence-electron chi connectivity index (χ1n) is 6.27. The first kappa shape index (κ1) is 16.1. The van der Waals surface area contributed by atoms with Gasteiger partial charge in [0.05, 0.1) is 5.69 Å². The van der Waals surface area contributed by atoms with E-state index in [-0.39, 0.29) is 11.7 Å². The fraction of sp³-hybridized carbons (Fsp3) is 0.231. The van der Waals surface area contributed by atoms with E-state index in [9.17, 15) is 4.79 Å². The van der Waals surface area contributed by atoms with E-state index >= 15 is 0 Å². The molecule has 0 aliphatic carbocycles. The van der Waals surface area contributed by atoms with Crippen LogP contribution >= 0.6 is 38.9 Å². The minimum absolute atomic E-state index is 0.223. The lowest BCUT2D eigenvalue weighted by atomic mass is 10.3. The van der Waals surface area contributed by atoms with Crippen molar-refractivity contribution < 1.29 is 4.79 Å². The van der Waals surface area contributed by atoms with Gasteiger partial charge in [0.25, 0.3) is 5.91 Å². The Morgan fingerprint density at radius 1 is 1.52 bits per heavy atom. The molecule has 0 saturated carbocycles. The van der Waals surface area contributed by atoms with Crippen LogP contribution in [0, 0.1) is 0 Å². The number of thiazole rings is 1. The standard InChI is InChI=1S/C13H14BrClN4OS/c1-2-5-17-13-19-11(16)10(21-13)12(20)18-9-4-3-7(15)6-8(9)14/h3-4,6H,2,5,16H2,1H3,(H,17,19)(H,18,20). The smallest absolute Gasteiger partial charge is 0.269 e. The minimum Gasteiger partial charge on any atom is -0.382 e. The molecule has 8 heteroatoms. The number of nitrogens with two attached hydrogens (primary N) is 1. The Morgan fingerprint density at radius 3 is 2.95 bits per heavy atom. The van der Waals surface area contributed by atoms with E-state index in [1.807, 2.05) is 0 Å². The molecule has 0 aliphatic heterocycles. The molecule has 4 N–H and O–H groups in total. The molecule has 112 valence electrons. The van der Waals surface area contributed by atoms with E-state index in [0.717, 1.165) is 13.0 Å². The van der Waals surface area contributed by atoms with Gasteiger partial charge in [0, 0.05) is 16.0 Å². The summed E-state index contributed by atoms with van der Waals surface area (Å²) in [4.78, 5) is 16.8. The molecular weight excluding hydrogens is 376 g/mol. The molecule has 5 nitrogen and oxygen atoms in total. The van der Waals surface area contributed by atoms with Crippen LogP contribution in [0.2, 0.25) is 5.02 Å². The van der Waals surface area contributed by atoms with Gasteiger partial charge >= 0.3 is 0 Å². The van der Waals surface area contributed by atoms with Gasteiger partial charge < -0.3 is 16.4 Å². The summed E-state index contributed by atoms with van der Waals surface area (Å²) >= 11 is 10.5. The van der Waals surface area contributed by atoms with Gasteiger partial charge in [-0.15, -0.1) is 0 Å². The average Bonchev–Trinajstić information content (AvgIpc) is 2.81. The van der Waals surface area contributed by atoms with Crippen LogP contribution in [-0.2, 0) is 0 Å². The molecule has 0 saturated heterocycles. The number of nitrogens with zero attached hydrogens (tertiary/aromatic N) is 1. The van der Waals surface area contributed by atoms with E-state index in [1.54, 1.807) is 18.2 Å². The summed E-state index contributed by atoms with van der Waals surface area (Å²) in [5, 5.41) is 7.13. The quantitative estimate of drug-likeness (QED) is 0.715. The number of hydrogen-bond acceptors (Lipinski definition) is 5. The zero-order valence-electron chi connectivity index (χ0n) is 11.2. The lowest BCUT2D eigenvalue weighted by Crippen LogP contribution is -2.12. The second kappa shape index (κ2) is 7.11. The molecule has 1 amide bonds. The highest BCUT2D eigenvalue weighted by atomic mass is 79.9. The molecule has 0 spiro atoms. The highest BCUT2D eigenvalue weighted by molar-refractivity contribution is 9.10. The summed E-state index contributed by atoms with van der Waals surface area (Å²) in [7, 11) is 0. The summed E-state index contributed by atoms with van der Waals surface area (Å²) in [5.41, 5.74) is 6.42. The third-order valence-electron chi connectivity index (χ3n) is 2.57. The van der Waals surface area contributed by atoms with Crippen LogP contribution in [0.15, 0.2) is 22.7 Å². The Hall–Kier alpha value is -1.31. The minimum atomic E-state index is -0.294. The number of amides is 1. The van der Waals surface area contributed by atoms with Gasteiger partial charge in [0.15, 0.2) is 5.13 Å². The Kier molecular flexibility index (Phi) is 5.44. The largest absolute Gasteiger partial charge is 0.382 e. The van der Waals surface area contributed by atoms with Gasteiger partial charge in [0.2, 0.25) is 0 Å². The van der Waals surface area contributed by atoms with Crippen molar-refractivity contribution in [2.45, 2.75) is 13.3 Å². The second-order valence-electron chi connectivity index (χ2n) is 4.24. The van der Waals surface area contributed by atoms with Crippen LogP contribution < -0.4 is 16.4 Å². The first-order valence-corrected chi connectivity index (χ1v) is 8.26. The van der Waals surface area contributed by atoms with Gasteiger partial charge in [0.1, 0.15) is 10.7 Å². The molecule has 21 heavy (non-hydrogen) atoms. The number of aromatic nitrogens is 1. The maximum absolute atomic E-state index is 12.3. The van der Waals surface area contributed by atoms with Crippen molar-refractivity contribution in [3.63, 3.8) is 0 Å². The van der Waals surface area contributed by atoms with Gasteiger partial charge in [-0.3, -0.25) is 4.79 Å².